The molecule has 2 aromatic heterocycles. The van der Waals surface area contributed by atoms with Gasteiger partial charge in [0.2, 0.25) is 0 Å². The number of hydrogen-bond donors (Lipinski definition) is 0. The normalized spacial score (nSPS) is 19.0. The van der Waals surface area contributed by atoms with Crippen LogP contribution in [0.25, 0.3) is 5.65 Å². The summed E-state index contributed by atoms with van der Waals surface area (Å²) in [5.41, 5.74) is 4.40. The molecule has 0 N–H and O–H groups in total. The lowest BCUT2D eigenvalue weighted by molar-refractivity contribution is 0.229. The third-order valence-electron chi connectivity index (χ3n) is 4.91. The van der Waals surface area contributed by atoms with Crippen molar-refractivity contribution < 1.29 is 0 Å². The minimum absolute atomic E-state index is 0.0540. The lowest BCUT2D eigenvalue weighted by atomic mass is 9.92. The van der Waals surface area contributed by atoms with Crippen LogP contribution in [0.5, 0.6) is 0 Å². The van der Waals surface area contributed by atoms with Gasteiger partial charge in [0.05, 0.1) is 5.69 Å². The number of rotatable bonds is 4. The van der Waals surface area contributed by atoms with Crippen LogP contribution in [-0.4, -0.2) is 51.1 Å². The zero-order valence-corrected chi connectivity index (χ0v) is 15.6. The molecule has 0 aliphatic carbocycles. The van der Waals surface area contributed by atoms with Gasteiger partial charge in [0, 0.05) is 55.2 Å². The van der Waals surface area contributed by atoms with Crippen LogP contribution in [0.15, 0.2) is 30.6 Å². The Bertz CT molecular complexity index is 740. The summed E-state index contributed by atoms with van der Waals surface area (Å²) in [6.45, 7) is 12.5. The van der Waals surface area contributed by atoms with Gasteiger partial charge in [0.25, 0.3) is 0 Å². The maximum absolute atomic E-state index is 4.76. The van der Waals surface area contributed by atoms with Crippen LogP contribution in [0.4, 0.5) is 0 Å². The highest BCUT2D eigenvalue weighted by molar-refractivity contribution is 5.40. The molecule has 1 saturated heterocycles. The molecule has 2 aromatic rings. The summed E-state index contributed by atoms with van der Waals surface area (Å²) >= 11 is 0. The Morgan fingerprint density at radius 1 is 1.38 bits per heavy atom. The van der Waals surface area contributed by atoms with E-state index in [2.05, 4.69) is 68.5 Å². The highest BCUT2D eigenvalue weighted by atomic mass is 15.3. The van der Waals surface area contributed by atoms with Crippen LogP contribution in [0.2, 0.25) is 0 Å². The number of allylic oxidation sites excluding steroid dienone is 1. The van der Waals surface area contributed by atoms with Gasteiger partial charge in [-0.15, -0.1) is 0 Å². The number of fused-ring (bicyclic) bond motifs is 1. The Morgan fingerprint density at radius 2 is 2.12 bits per heavy atom. The van der Waals surface area contributed by atoms with Crippen molar-refractivity contribution in [2.24, 2.45) is 0 Å². The van der Waals surface area contributed by atoms with E-state index in [0.717, 1.165) is 36.5 Å². The van der Waals surface area contributed by atoms with Crippen molar-refractivity contribution in [3.8, 4) is 0 Å². The molecule has 130 valence electrons. The average molecular weight is 327 g/mol. The third-order valence-corrected chi connectivity index (χ3v) is 4.91. The van der Waals surface area contributed by atoms with Gasteiger partial charge in [0.15, 0.2) is 5.65 Å². The fourth-order valence-corrected chi connectivity index (χ4v) is 3.30. The van der Waals surface area contributed by atoms with E-state index in [9.17, 15) is 0 Å². The van der Waals surface area contributed by atoms with E-state index in [1.54, 1.807) is 0 Å². The molecular weight excluding hydrogens is 298 g/mol. The number of hydrogen-bond acceptors (Lipinski definition) is 4. The van der Waals surface area contributed by atoms with E-state index in [-0.39, 0.29) is 5.41 Å². The summed E-state index contributed by atoms with van der Waals surface area (Å²) in [7, 11) is 4.31. The fraction of sp³-hybridized carbons (Fsp3) is 0.579. The molecule has 3 rings (SSSR count). The van der Waals surface area contributed by atoms with Crippen LogP contribution in [-0.2, 0) is 12.0 Å². The highest BCUT2D eigenvalue weighted by Crippen LogP contribution is 2.25. The fourth-order valence-electron chi connectivity index (χ4n) is 3.30. The van der Waals surface area contributed by atoms with Crippen molar-refractivity contribution >= 4 is 5.65 Å². The molecule has 3 heterocycles. The van der Waals surface area contributed by atoms with Crippen LogP contribution in [0.1, 0.15) is 45.0 Å². The predicted molar refractivity (Wildman–Crippen MR) is 97.9 cm³/mol. The Kier molecular flexibility index (Phi) is 4.38. The summed E-state index contributed by atoms with van der Waals surface area (Å²) in [6.07, 6.45) is 4.32. The smallest absolute Gasteiger partial charge is 0.155 e. The van der Waals surface area contributed by atoms with E-state index in [4.69, 9.17) is 4.98 Å². The SMILES string of the molecule is C=C1CC[C@H](CN(C)Cc2cc3nc(C(C)(C)C)ccn3n2)N1C. The zero-order valence-electron chi connectivity index (χ0n) is 15.6. The van der Waals surface area contributed by atoms with Gasteiger partial charge < -0.3 is 4.90 Å². The second-order valence-corrected chi connectivity index (χ2v) is 8.07. The average Bonchev–Trinajstić information content (AvgIpc) is 3.03. The first kappa shape index (κ1) is 17.0. The number of nitrogens with zero attached hydrogens (tertiary/aromatic N) is 5. The number of likely N-dealkylation sites (N-methyl/N-ethyl adjacent to an activating group) is 2. The number of likely N-dealkylation sites (tertiary alicyclic amines) is 1. The molecule has 0 unspecified atom stereocenters. The van der Waals surface area contributed by atoms with Crippen LogP contribution in [0, 0.1) is 0 Å². The molecule has 0 spiro atoms. The summed E-state index contributed by atoms with van der Waals surface area (Å²) in [4.78, 5) is 9.42. The van der Waals surface area contributed by atoms with Crippen molar-refractivity contribution in [3.05, 3.63) is 42.0 Å². The Labute approximate surface area is 145 Å². The summed E-state index contributed by atoms with van der Waals surface area (Å²) < 4.78 is 1.88. The van der Waals surface area contributed by atoms with E-state index in [0.29, 0.717) is 6.04 Å². The molecule has 0 saturated carbocycles. The van der Waals surface area contributed by atoms with Crippen LogP contribution in [0.3, 0.4) is 0 Å². The Balaban J connectivity index is 1.70. The predicted octanol–water partition coefficient (Wildman–Crippen LogP) is 3.07. The van der Waals surface area contributed by atoms with E-state index in [1.807, 2.05) is 10.7 Å². The van der Waals surface area contributed by atoms with Crippen molar-refractivity contribution in [1.82, 2.24) is 24.4 Å². The molecular formula is C19H29N5. The molecule has 0 bridgehead atoms. The van der Waals surface area contributed by atoms with Gasteiger partial charge >= 0.3 is 0 Å². The first-order valence-electron chi connectivity index (χ1n) is 8.69. The highest BCUT2D eigenvalue weighted by Gasteiger charge is 2.24. The molecule has 1 aliphatic rings. The molecule has 1 fully saturated rings. The van der Waals surface area contributed by atoms with Crippen molar-refractivity contribution in [3.63, 3.8) is 0 Å². The Hall–Kier alpha value is -1.88. The second kappa shape index (κ2) is 6.20. The molecule has 0 radical (unpaired) electrons. The summed E-state index contributed by atoms with van der Waals surface area (Å²) in [5.74, 6) is 0. The first-order valence-corrected chi connectivity index (χ1v) is 8.69. The third kappa shape index (κ3) is 3.46. The van der Waals surface area contributed by atoms with Gasteiger partial charge in [-0.25, -0.2) is 9.50 Å². The van der Waals surface area contributed by atoms with Crippen molar-refractivity contribution in [2.45, 2.75) is 51.6 Å². The van der Waals surface area contributed by atoms with Crippen LogP contribution < -0.4 is 0 Å². The lowest BCUT2D eigenvalue weighted by Crippen LogP contribution is -2.35. The lowest BCUT2D eigenvalue weighted by Gasteiger charge is -2.27. The Morgan fingerprint density at radius 3 is 2.75 bits per heavy atom. The van der Waals surface area contributed by atoms with Crippen LogP contribution >= 0.6 is 0 Å². The van der Waals surface area contributed by atoms with Crippen molar-refractivity contribution in [1.29, 1.82) is 0 Å². The molecule has 24 heavy (non-hydrogen) atoms. The van der Waals surface area contributed by atoms with Gasteiger partial charge in [0.1, 0.15) is 0 Å². The molecule has 1 atom stereocenters. The quantitative estimate of drug-likeness (QED) is 0.865. The maximum atomic E-state index is 4.76. The molecule has 0 amide bonds. The monoisotopic (exact) mass is 327 g/mol. The molecule has 1 aliphatic heterocycles. The zero-order chi connectivity index (χ0) is 17.5. The summed E-state index contributed by atoms with van der Waals surface area (Å²) in [6, 6.07) is 4.72. The van der Waals surface area contributed by atoms with E-state index < -0.39 is 0 Å². The first-order chi connectivity index (χ1) is 11.2. The molecule has 0 aromatic carbocycles. The topological polar surface area (TPSA) is 36.7 Å². The standard InChI is InChI=1S/C19H29N5/c1-14-7-8-16(23(14)6)13-22(5)12-15-11-18-20-17(19(2,3)4)9-10-24(18)21-15/h9-11,16H,1,7-8,12-13H2,2-6H3/t16-/m1/s1. The minimum Gasteiger partial charge on any atom is -0.374 e. The minimum atomic E-state index is 0.0540. The number of aromatic nitrogens is 3. The second-order valence-electron chi connectivity index (χ2n) is 8.07. The van der Waals surface area contributed by atoms with Gasteiger partial charge in [-0.05, 0) is 26.0 Å². The maximum Gasteiger partial charge on any atom is 0.155 e. The van der Waals surface area contributed by atoms with Crippen molar-refractivity contribution in [2.75, 3.05) is 20.6 Å². The summed E-state index contributed by atoms with van der Waals surface area (Å²) in [5, 5.41) is 4.67. The van der Waals surface area contributed by atoms with Gasteiger partial charge in [-0.2, -0.15) is 5.10 Å². The van der Waals surface area contributed by atoms with E-state index >= 15 is 0 Å². The molecule has 5 nitrogen and oxygen atoms in total. The van der Waals surface area contributed by atoms with Gasteiger partial charge in [-0.3, -0.25) is 4.90 Å². The van der Waals surface area contributed by atoms with Gasteiger partial charge in [-0.1, -0.05) is 27.4 Å². The van der Waals surface area contributed by atoms with E-state index in [1.165, 1.54) is 12.1 Å². The largest absolute Gasteiger partial charge is 0.374 e. The molecule has 5 heteroatoms.